The molecule has 3 rings (SSSR count). The standard InChI is InChI=1S/C19H21F3N2O3/c1-19(2)11-27-18(26)24(19)13-7-9-23(10-8-13)15(25)6-4-12-3-5-14(20)17(22)16(12)21/h3-6,13H,7-11H2,1-2H3. The zero-order chi connectivity index (χ0) is 19.8. The van der Waals surface area contributed by atoms with Crippen LogP contribution in [0.3, 0.4) is 0 Å². The number of hydrogen-bond acceptors (Lipinski definition) is 3. The number of rotatable bonds is 3. The molecule has 0 unspecified atom stereocenters. The molecule has 2 amide bonds. The maximum Gasteiger partial charge on any atom is 0.410 e. The van der Waals surface area contributed by atoms with Crippen LogP contribution in [0.15, 0.2) is 18.2 Å². The lowest BCUT2D eigenvalue weighted by Crippen LogP contribution is -2.53. The van der Waals surface area contributed by atoms with E-state index in [1.54, 1.807) is 9.80 Å². The normalized spacial score (nSPS) is 20.4. The van der Waals surface area contributed by atoms with Crippen molar-refractivity contribution < 1.29 is 27.5 Å². The number of hydrogen-bond donors (Lipinski definition) is 0. The fraction of sp³-hybridized carbons (Fsp3) is 0.474. The van der Waals surface area contributed by atoms with E-state index in [2.05, 4.69) is 0 Å². The van der Waals surface area contributed by atoms with E-state index in [1.165, 1.54) is 0 Å². The van der Waals surface area contributed by atoms with Gasteiger partial charge >= 0.3 is 6.09 Å². The molecule has 0 saturated carbocycles. The Morgan fingerprint density at radius 1 is 1.19 bits per heavy atom. The van der Waals surface area contributed by atoms with Gasteiger partial charge in [0.05, 0.1) is 5.54 Å². The second-order valence-corrected chi connectivity index (χ2v) is 7.39. The minimum atomic E-state index is -1.56. The minimum Gasteiger partial charge on any atom is -0.447 e. The number of likely N-dealkylation sites (tertiary alicyclic amines) is 1. The summed E-state index contributed by atoms with van der Waals surface area (Å²) in [5.41, 5.74) is -0.573. The van der Waals surface area contributed by atoms with Crippen LogP contribution in [0.1, 0.15) is 32.3 Å². The molecular weight excluding hydrogens is 361 g/mol. The van der Waals surface area contributed by atoms with Crippen LogP contribution in [-0.4, -0.2) is 53.1 Å². The Morgan fingerprint density at radius 2 is 1.85 bits per heavy atom. The zero-order valence-electron chi connectivity index (χ0n) is 15.2. The third kappa shape index (κ3) is 3.79. The van der Waals surface area contributed by atoms with Gasteiger partial charge in [-0.2, -0.15) is 0 Å². The van der Waals surface area contributed by atoms with Gasteiger partial charge in [0.25, 0.3) is 0 Å². The zero-order valence-corrected chi connectivity index (χ0v) is 15.2. The Hall–Kier alpha value is -2.51. The van der Waals surface area contributed by atoms with E-state index in [0.29, 0.717) is 32.5 Å². The van der Waals surface area contributed by atoms with Crippen LogP contribution in [0, 0.1) is 17.5 Å². The van der Waals surface area contributed by atoms with Crippen molar-refractivity contribution in [3.63, 3.8) is 0 Å². The number of benzene rings is 1. The van der Waals surface area contributed by atoms with Gasteiger partial charge in [-0.1, -0.05) is 0 Å². The Labute approximate surface area is 155 Å². The van der Waals surface area contributed by atoms with Crippen LogP contribution in [0.4, 0.5) is 18.0 Å². The van der Waals surface area contributed by atoms with Gasteiger partial charge < -0.3 is 9.64 Å². The van der Waals surface area contributed by atoms with Crippen LogP contribution in [0.2, 0.25) is 0 Å². The predicted molar refractivity (Wildman–Crippen MR) is 92.2 cm³/mol. The van der Waals surface area contributed by atoms with Gasteiger partial charge in [0.1, 0.15) is 6.61 Å². The van der Waals surface area contributed by atoms with Crippen LogP contribution < -0.4 is 0 Å². The van der Waals surface area contributed by atoms with E-state index < -0.39 is 17.5 Å². The highest BCUT2D eigenvalue weighted by atomic mass is 19.2. The largest absolute Gasteiger partial charge is 0.447 e. The number of nitrogens with zero attached hydrogens (tertiary/aromatic N) is 2. The first kappa shape index (κ1) is 19.3. The molecule has 27 heavy (non-hydrogen) atoms. The fourth-order valence-electron chi connectivity index (χ4n) is 3.55. The van der Waals surface area contributed by atoms with Crippen molar-refractivity contribution >= 4 is 18.1 Å². The summed E-state index contributed by atoms with van der Waals surface area (Å²) in [4.78, 5) is 27.6. The topological polar surface area (TPSA) is 49.9 Å². The molecule has 0 bridgehead atoms. The van der Waals surface area contributed by atoms with Gasteiger partial charge in [0.15, 0.2) is 17.5 Å². The summed E-state index contributed by atoms with van der Waals surface area (Å²) in [6, 6.07) is 1.88. The van der Waals surface area contributed by atoms with E-state index in [1.807, 2.05) is 13.8 Å². The molecule has 1 aromatic rings. The SMILES string of the molecule is CC1(C)COC(=O)N1C1CCN(C(=O)C=Cc2ccc(F)c(F)c2F)CC1. The lowest BCUT2D eigenvalue weighted by Gasteiger charge is -2.40. The molecule has 146 valence electrons. The summed E-state index contributed by atoms with van der Waals surface area (Å²) in [6.07, 6.45) is 3.16. The maximum atomic E-state index is 13.6. The van der Waals surface area contributed by atoms with Gasteiger partial charge in [-0.25, -0.2) is 18.0 Å². The third-order valence-corrected chi connectivity index (χ3v) is 5.01. The summed E-state index contributed by atoms with van der Waals surface area (Å²) >= 11 is 0. The Morgan fingerprint density at radius 3 is 2.44 bits per heavy atom. The van der Waals surface area contributed by atoms with Crippen molar-refractivity contribution in [2.24, 2.45) is 0 Å². The summed E-state index contributed by atoms with van der Waals surface area (Å²) < 4.78 is 45.0. The van der Waals surface area contributed by atoms with Crippen LogP contribution in [0.25, 0.3) is 6.08 Å². The number of carbonyl (C=O) groups excluding carboxylic acids is 2. The molecular formula is C19H21F3N2O3. The molecule has 1 aromatic carbocycles. The molecule has 0 aromatic heterocycles. The van der Waals surface area contributed by atoms with Crippen molar-refractivity contribution in [1.29, 1.82) is 0 Å². The lowest BCUT2D eigenvalue weighted by molar-refractivity contribution is -0.127. The molecule has 2 fully saturated rings. The van der Waals surface area contributed by atoms with E-state index in [9.17, 15) is 22.8 Å². The summed E-state index contributed by atoms with van der Waals surface area (Å²) in [7, 11) is 0. The van der Waals surface area contributed by atoms with E-state index in [-0.39, 0.29) is 29.1 Å². The van der Waals surface area contributed by atoms with Crippen LogP contribution in [0.5, 0.6) is 0 Å². The molecule has 2 aliphatic rings. The van der Waals surface area contributed by atoms with Gasteiger partial charge in [-0.15, -0.1) is 0 Å². The molecule has 2 saturated heterocycles. The molecule has 0 N–H and O–H groups in total. The third-order valence-electron chi connectivity index (χ3n) is 5.01. The summed E-state index contributed by atoms with van der Waals surface area (Å²) in [6.45, 7) is 5.10. The van der Waals surface area contributed by atoms with Crippen LogP contribution in [-0.2, 0) is 9.53 Å². The first-order valence-corrected chi connectivity index (χ1v) is 8.77. The second-order valence-electron chi connectivity index (χ2n) is 7.39. The van der Waals surface area contributed by atoms with Crippen LogP contribution >= 0.6 is 0 Å². The van der Waals surface area contributed by atoms with Gasteiger partial charge in [-0.3, -0.25) is 9.69 Å². The molecule has 2 aliphatic heterocycles. The highest BCUT2D eigenvalue weighted by molar-refractivity contribution is 5.91. The number of carbonyl (C=O) groups is 2. The quantitative estimate of drug-likeness (QED) is 0.595. The number of amides is 2. The maximum absolute atomic E-state index is 13.6. The van der Waals surface area contributed by atoms with E-state index in [4.69, 9.17) is 4.74 Å². The van der Waals surface area contributed by atoms with Gasteiger partial charge in [0, 0.05) is 30.8 Å². The first-order chi connectivity index (χ1) is 12.7. The molecule has 5 nitrogen and oxygen atoms in total. The number of piperidine rings is 1. The number of ether oxygens (including phenoxy) is 1. The summed E-state index contributed by atoms with van der Waals surface area (Å²) in [5, 5.41) is 0. The smallest absolute Gasteiger partial charge is 0.410 e. The molecule has 2 heterocycles. The average Bonchev–Trinajstić information content (AvgIpc) is 2.91. The highest BCUT2D eigenvalue weighted by Gasteiger charge is 2.44. The number of cyclic esters (lactones) is 1. The Kier molecular flexibility index (Phi) is 5.17. The van der Waals surface area contributed by atoms with Gasteiger partial charge in [-0.05, 0) is 44.9 Å². The molecule has 0 atom stereocenters. The lowest BCUT2D eigenvalue weighted by atomic mass is 9.97. The van der Waals surface area contributed by atoms with Crippen molar-refractivity contribution in [3.05, 3.63) is 41.2 Å². The highest BCUT2D eigenvalue weighted by Crippen LogP contribution is 2.30. The Bertz CT molecular complexity index is 787. The fourth-order valence-corrected chi connectivity index (χ4v) is 3.55. The monoisotopic (exact) mass is 382 g/mol. The molecule has 0 radical (unpaired) electrons. The Balaban J connectivity index is 1.61. The first-order valence-electron chi connectivity index (χ1n) is 8.77. The van der Waals surface area contributed by atoms with Gasteiger partial charge in [0.2, 0.25) is 5.91 Å². The van der Waals surface area contributed by atoms with Crippen molar-refractivity contribution in [2.75, 3.05) is 19.7 Å². The van der Waals surface area contributed by atoms with E-state index >= 15 is 0 Å². The van der Waals surface area contributed by atoms with Crippen molar-refractivity contribution in [3.8, 4) is 0 Å². The van der Waals surface area contributed by atoms with E-state index in [0.717, 1.165) is 24.3 Å². The predicted octanol–water partition coefficient (Wildman–Crippen LogP) is 3.34. The minimum absolute atomic E-state index is 0.00771. The summed E-state index contributed by atoms with van der Waals surface area (Å²) in [5.74, 6) is -4.51. The molecule has 0 spiro atoms. The average molecular weight is 382 g/mol. The van der Waals surface area contributed by atoms with Crippen molar-refractivity contribution in [2.45, 2.75) is 38.3 Å². The number of halogens is 3. The van der Waals surface area contributed by atoms with Crippen molar-refractivity contribution in [1.82, 2.24) is 9.80 Å². The second kappa shape index (κ2) is 7.25. The molecule has 8 heteroatoms. The molecule has 0 aliphatic carbocycles.